The second-order valence-corrected chi connectivity index (χ2v) is 5.29. The van der Waals surface area contributed by atoms with E-state index in [2.05, 4.69) is 26.0 Å². The van der Waals surface area contributed by atoms with Gasteiger partial charge in [0, 0.05) is 0 Å². The Morgan fingerprint density at radius 1 is 0.850 bits per heavy atom. The van der Waals surface area contributed by atoms with Crippen molar-refractivity contribution in [2.24, 2.45) is 5.73 Å². The van der Waals surface area contributed by atoms with E-state index in [4.69, 9.17) is 15.2 Å². The van der Waals surface area contributed by atoms with Crippen LogP contribution in [0.15, 0.2) is 24.7 Å². The Balaban J connectivity index is 3.87. The first kappa shape index (κ1) is 19.0. The van der Waals surface area contributed by atoms with Gasteiger partial charge in [-0.05, 0) is 51.7 Å². The molecule has 0 amide bonds. The summed E-state index contributed by atoms with van der Waals surface area (Å²) >= 11 is 0. The summed E-state index contributed by atoms with van der Waals surface area (Å²) in [5.74, 6) is 0. The van der Waals surface area contributed by atoms with E-state index in [0.717, 1.165) is 12.8 Å². The molecule has 0 bridgehead atoms. The molecule has 2 N–H and O–H groups in total. The monoisotopic (exact) mass is 283 g/mol. The molecule has 2 unspecified atom stereocenters. The maximum absolute atomic E-state index is 6.12. The highest BCUT2D eigenvalue weighted by molar-refractivity contribution is 4.83. The summed E-state index contributed by atoms with van der Waals surface area (Å²) in [5, 5.41) is 0. The average molecular weight is 283 g/mol. The first-order valence-electron chi connectivity index (χ1n) is 7.99. The molecule has 0 heterocycles. The third kappa shape index (κ3) is 9.90. The van der Waals surface area contributed by atoms with Crippen LogP contribution in [-0.2, 0) is 9.47 Å². The summed E-state index contributed by atoms with van der Waals surface area (Å²) in [4.78, 5) is 0. The molecule has 118 valence electrons. The van der Waals surface area contributed by atoms with Gasteiger partial charge in [0.15, 0.2) is 0 Å². The van der Waals surface area contributed by atoms with Crippen molar-refractivity contribution in [3.05, 3.63) is 24.7 Å². The average Bonchev–Trinajstić information content (AvgIpc) is 2.45. The van der Waals surface area contributed by atoms with Crippen LogP contribution < -0.4 is 5.73 Å². The van der Waals surface area contributed by atoms with Gasteiger partial charge >= 0.3 is 0 Å². The molecule has 0 aromatic carbocycles. The molecule has 2 atom stereocenters. The molecule has 0 aliphatic carbocycles. The van der Waals surface area contributed by atoms with Crippen molar-refractivity contribution in [3.63, 3.8) is 0 Å². The minimum absolute atomic E-state index is 0.0491. The largest absolute Gasteiger partial charge is 0.497 e. The second-order valence-electron chi connectivity index (χ2n) is 5.29. The topological polar surface area (TPSA) is 44.5 Å². The smallest absolute Gasteiger partial charge is 0.114 e. The molecule has 20 heavy (non-hydrogen) atoms. The molecule has 0 saturated heterocycles. The first-order chi connectivity index (χ1) is 9.63. The van der Waals surface area contributed by atoms with E-state index in [1.807, 2.05) is 13.8 Å². The van der Waals surface area contributed by atoms with Crippen LogP contribution in [0, 0.1) is 0 Å². The Hall–Kier alpha value is -0.960. The zero-order chi connectivity index (χ0) is 15.2. The van der Waals surface area contributed by atoms with Crippen LogP contribution in [0.3, 0.4) is 0 Å². The third-order valence-corrected chi connectivity index (χ3v) is 3.31. The number of nitrogens with two attached hydrogens (primary N) is 1. The van der Waals surface area contributed by atoms with Gasteiger partial charge < -0.3 is 15.2 Å². The van der Waals surface area contributed by atoms with E-state index in [1.54, 1.807) is 12.5 Å². The van der Waals surface area contributed by atoms with Crippen molar-refractivity contribution in [1.82, 2.24) is 0 Å². The summed E-state index contributed by atoms with van der Waals surface area (Å²) in [6.07, 6.45) is 14.5. The number of rotatable bonds is 12. The van der Waals surface area contributed by atoms with Gasteiger partial charge in [-0.25, -0.2) is 0 Å². The Morgan fingerprint density at radius 2 is 1.25 bits per heavy atom. The van der Waals surface area contributed by atoms with Crippen LogP contribution in [-0.4, -0.2) is 18.2 Å². The summed E-state index contributed by atoms with van der Waals surface area (Å²) in [5.41, 5.74) is 6.12. The molecule has 0 aliphatic heterocycles. The predicted octanol–water partition coefficient (Wildman–Crippen LogP) is 4.53. The number of unbranched alkanes of at least 4 members (excludes halogenated alkanes) is 4. The number of allylic oxidation sites excluding steroid dienone is 2. The van der Waals surface area contributed by atoms with Crippen molar-refractivity contribution in [2.45, 2.75) is 84.5 Å². The van der Waals surface area contributed by atoms with Gasteiger partial charge in [0.25, 0.3) is 0 Å². The van der Waals surface area contributed by atoms with Crippen molar-refractivity contribution in [3.8, 4) is 0 Å². The van der Waals surface area contributed by atoms with Gasteiger partial charge in [0.1, 0.15) is 12.2 Å². The lowest BCUT2D eigenvalue weighted by Crippen LogP contribution is -2.43. The summed E-state index contributed by atoms with van der Waals surface area (Å²) in [7, 11) is 0. The van der Waals surface area contributed by atoms with Gasteiger partial charge in [-0.2, -0.15) is 0 Å². The standard InChI is InChI=1S/C17H33NO2/c1-5-7-9-11-13-19-15(3)17(18)16(4)20-14-12-10-8-6-2/h11-17H,5-10,18H2,1-4H3/b13-11+,14-12+. The highest BCUT2D eigenvalue weighted by Crippen LogP contribution is 2.07. The van der Waals surface area contributed by atoms with Crippen LogP contribution in [0.5, 0.6) is 0 Å². The number of hydrogen-bond donors (Lipinski definition) is 1. The van der Waals surface area contributed by atoms with Crippen molar-refractivity contribution >= 4 is 0 Å². The molecule has 0 spiro atoms. The Morgan fingerprint density at radius 3 is 1.60 bits per heavy atom. The third-order valence-electron chi connectivity index (χ3n) is 3.31. The lowest BCUT2D eigenvalue weighted by Gasteiger charge is -2.24. The van der Waals surface area contributed by atoms with E-state index < -0.39 is 0 Å². The van der Waals surface area contributed by atoms with Crippen LogP contribution in [0.2, 0.25) is 0 Å². The molecule has 0 saturated carbocycles. The normalized spacial score (nSPS) is 16.4. The highest BCUT2D eigenvalue weighted by Gasteiger charge is 2.20. The molecule has 0 radical (unpaired) electrons. The van der Waals surface area contributed by atoms with Gasteiger partial charge in [0.05, 0.1) is 18.6 Å². The molecule has 0 rings (SSSR count). The van der Waals surface area contributed by atoms with E-state index in [-0.39, 0.29) is 18.2 Å². The Labute approximate surface area is 125 Å². The highest BCUT2D eigenvalue weighted by atomic mass is 16.5. The molecule has 3 heteroatoms. The van der Waals surface area contributed by atoms with Crippen LogP contribution in [0.25, 0.3) is 0 Å². The van der Waals surface area contributed by atoms with E-state index in [1.165, 1.54) is 25.7 Å². The van der Waals surface area contributed by atoms with E-state index >= 15 is 0 Å². The van der Waals surface area contributed by atoms with Crippen LogP contribution in [0.4, 0.5) is 0 Å². The minimum Gasteiger partial charge on any atom is -0.497 e. The predicted molar refractivity (Wildman–Crippen MR) is 86.4 cm³/mol. The molecular formula is C17H33NO2. The lowest BCUT2D eigenvalue weighted by atomic mass is 10.1. The molecular weight excluding hydrogens is 250 g/mol. The molecule has 0 fully saturated rings. The first-order valence-corrected chi connectivity index (χ1v) is 7.99. The van der Waals surface area contributed by atoms with Crippen LogP contribution >= 0.6 is 0 Å². The fraction of sp³-hybridized carbons (Fsp3) is 0.765. The molecule has 3 nitrogen and oxygen atoms in total. The fourth-order valence-corrected chi connectivity index (χ4v) is 1.70. The van der Waals surface area contributed by atoms with E-state index in [0.29, 0.717) is 0 Å². The zero-order valence-electron chi connectivity index (χ0n) is 13.7. The summed E-state index contributed by atoms with van der Waals surface area (Å²) in [6, 6.07) is -0.137. The van der Waals surface area contributed by atoms with Crippen molar-refractivity contribution in [1.29, 1.82) is 0 Å². The Bertz CT molecular complexity index is 238. The quantitative estimate of drug-likeness (QED) is 0.423. The zero-order valence-corrected chi connectivity index (χ0v) is 13.7. The summed E-state index contributed by atoms with van der Waals surface area (Å²) in [6.45, 7) is 8.32. The number of ether oxygens (including phenoxy) is 2. The maximum Gasteiger partial charge on any atom is 0.114 e. The molecule has 0 aromatic rings. The lowest BCUT2D eigenvalue weighted by molar-refractivity contribution is 0.0535. The van der Waals surface area contributed by atoms with Gasteiger partial charge in [-0.1, -0.05) is 26.7 Å². The fourth-order valence-electron chi connectivity index (χ4n) is 1.70. The van der Waals surface area contributed by atoms with Crippen molar-refractivity contribution in [2.75, 3.05) is 0 Å². The van der Waals surface area contributed by atoms with Gasteiger partial charge in [-0.15, -0.1) is 0 Å². The number of hydrogen-bond acceptors (Lipinski definition) is 3. The van der Waals surface area contributed by atoms with Gasteiger partial charge in [0.2, 0.25) is 0 Å². The SMILES string of the molecule is CCCC/C=C/OC(C)C(N)C(C)O/C=C/CCCC. The minimum atomic E-state index is -0.137. The van der Waals surface area contributed by atoms with E-state index in [9.17, 15) is 0 Å². The Kier molecular flexibility index (Phi) is 12.4. The van der Waals surface area contributed by atoms with Crippen LogP contribution in [0.1, 0.15) is 66.2 Å². The van der Waals surface area contributed by atoms with Gasteiger partial charge in [-0.3, -0.25) is 0 Å². The molecule has 0 aromatic heterocycles. The van der Waals surface area contributed by atoms with Crippen molar-refractivity contribution < 1.29 is 9.47 Å². The maximum atomic E-state index is 6.12. The second kappa shape index (κ2) is 13.0. The summed E-state index contributed by atoms with van der Waals surface area (Å²) < 4.78 is 11.2. The molecule has 0 aliphatic rings.